The van der Waals surface area contributed by atoms with Gasteiger partial charge in [-0.05, 0) is 0 Å². The largest absolute Gasteiger partial charge is 0.481 e. The Morgan fingerprint density at radius 1 is 0.812 bits per heavy atom. The number of rotatable bonds is 19. The maximum absolute atomic E-state index is 10.9. The van der Waals surface area contributed by atoms with Crippen LogP contribution in [0, 0.1) is 0 Å². The van der Waals surface area contributed by atoms with Crippen LogP contribution in [-0.2, 0) is 24.5 Å². The van der Waals surface area contributed by atoms with E-state index in [1.165, 1.54) is 77.0 Å². The van der Waals surface area contributed by atoms with Gasteiger partial charge in [0.25, 0.3) is 10.1 Å². The van der Waals surface area contributed by atoms with Crippen molar-refractivity contribution in [1.82, 2.24) is 0 Å². The first-order valence-electron chi connectivity index (χ1n) is 11.6. The van der Waals surface area contributed by atoms with E-state index in [1.54, 1.807) is 0 Å². The molecule has 0 aromatic heterocycles. The van der Waals surface area contributed by atoms with Crippen LogP contribution < -0.4 is 0 Å². The van der Waals surface area contributed by atoms with E-state index in [1.807, 2.05) is 0 Å². The van der Waals surface area contributed by atoms with Crippen molar-refractivity contribution in [2.24, 2.45) is 0 Å². The first-order valence-corrected chi connectivity index (χ1v) is 14.6. The second kappa shape index (κ2) is 22.7. The Hall–Kier alpha value is -0.104. The quantitative estimate of drug-likeness (QED) is 0.101. The zero-order chi connectivity index (χ0) is 24.8. The van der Waals surface area contributed by atoms with Gasteiger partial charge in [-0.25, -0.2) is 0 Å². The summed E-state index contributed by atoms with van der Waals surface area (Å²) < 4.78 is 29.2. The normalized spacial score (nSPS) is 12.2. The number of carboxylic acid groups (broad SMARTS) is 2. The standard InChI is InChI=1S/C18H33O.C4H6O7S.K/c1-2-3-4-5-6-7-8-9-10-11-12-13-14-15-16-17-18-19;5-3(6)1-2(4(7)8)12(9,10)11;/h9-10H,2-8,11-17H2,1H3;2H,1H2,(H,5,6)(H,7,8)(H,9,10,11);. The molecule has 0 aromatic carbocycles. The third kappa shape index (κ3) is 26.2. The average Bonchev–Trinajstić information content (AvgIpc) is 2.68. The van der Waals surface area contributed by atoms with Gasteiger partial charge in [0.2, 0.25) is 0 Å². The molecule has 0 fully saturated rings. The Bertz CT molecular complexity index is 646. The van der Waals surface area contributed by atoms with Crippen molar-refractivity contribution < 1.29 is 37.6 Å². The van der Waals surface area contributed by atoms with E-state index in [0.717, 1.165) is 12.8 Å². The molecule has 0 heterocycles. The van der Waals surface area contributed by atoms with Gasteiger partial charge in [0, 0.05) is 0 Å². The number of hydrogen-bond acceptors (Lipinski definition) is 5. The molecular weight excluding hydrogens is 463 g/mol. The van der Waals surface area contributed by atoms with Gasteiger partial charge in [0.05, 0.1) is 6.42 Å². The van der Waals surface area contributed by atoms with E-state index in [-0.39, 0.29) is 0 Å². The number of aliphatic carboxylic acids is 2. The molecule has 0 aliphatic rings. The molecule has 0 aliphatic heterocycles. The molecule has 1 unspecified atom stereocenters. The van der Waals surface area contributed by atoms with Crippen molar-refractivity contribution in [2.75, 3.05) is 0 Å². The first-order chi connectivity index (χ1) is 15.0. The van der Waals surface area contributed by atoms with Crippen LogP contribution in [0.1, 0.15) is 103 Å². The molecule has 0 aliphatic carbocycles. The second-order valence-corrected chi connectivity index (χ2v) is 11.3. The number of carbonyl (C=O) groups excluding carboxylic acids is 1. The molecule has 0 rings (SSSR count). The molecule has 0 bridgehead atoms. The number of allylic oxidation sites excluding steroid dienone is 2. The van der Waals surface area contributed by atoms with Crippen molar-refractivity contribution in [1.29, 1.82) is 0 Å². The van der Waals surface area contributed by atoms with Crippen LogP contribution in [0.25, 0.3) is 0 Å². The molecule has 0 amide bonds. The molecule has 8 nitrogen and oxygen atoms in total. The monoisotopic (exact) mass is 502 g/mol. The van der Waals surface area contributed by atoms with Crippen molar-refractivity contribution in [3.63, 3.8) is 0 Å². The predicted molar refractivity (Wildman–Crippen MR) is 125 cm³/mol. The number of carboxylic acids is 2. The molecule has 0 saturated heterocycles. The van der Waals surface area contributed by atoms with Crippen molar-refractivity contribution in [3.05, 3.63) is 12.2 Å². The number of carbonyl (C=O) groups is 3. The van der Waals surface area contributed by atoms with Gasteiger partial charge in [-0.2, -0.15) is 8.42 Å². The second-order valence-electron chi connectivity index (χ2n) is 7.98. The van der Waals surface area contributed by atoms with Gasteiger partial charge in [0.15, 0.2) is 5.25 Å². The summed E-state index contributed by atoms with van der Waals surface area (Å²) in [5.41, 5.74) is 0. The molecule has 1 atom stereocenters. The third-order valence-corrected chi connectivity index (χ3v) is 6.65. The smallest absolute Gasteiger partial charge is 0.325 e. The predicted octanol–water partition coefficient (Wildman–Crippen LogP) is 4.52. The van der Waals surface area contributed by atoms with Gasteiger partial charge in [-0.15, -0.1) is 0 Å². The molecule has 0 saturated carbocycles. The molecule has 0 radical (unpaired) electrons. The van der Waals surface area contributed by atoms with Crippen molar-refractivity contribution >= 4 is 70.9 Å². The van der Waals surface area contributed by atoms with Crippen LogP contribution in [0.3, 0.4) is 0 Å². The Balaban J connectivity index is 0. The Labute approximate surface area is 227 Å². The molecule has 32 heavy (non-hydrogen) atoms. The summed E-state index contributed by atoms with van der Waals surface area (Å²) in [6.07, 6.45) is 21.7. The van der Waals surface area contributed by atoms with Crippen molar-refractivity contribution in [3.8, 4) is 0 Å². The summed E-state index contributed by atoms with van der Waals surface area (Å²) in [6.45, 7) is 2.27. The Morgan fingerprint density at radius 3 is 1.59 bits per heavy atom. The fourth-order valence-corrected chi connectivity index (χ4v) is 4.08. The summed E-state index contributed by atoms with van der Waals surface area (Å²) >= 11 is 0.411. The van der Waals surface area contributed by atoms with E-state index >= 15 is 0 Å². The topological polar surface area (TPSA) is 146 Å². The zero-order valence-electron chi connectivity index (χ0n) is 19.6. The molecular formula is C22H39KO8S. The SMILES string of the molecule is CCCCCCCCC=CCCCCCCC[C](=O)[K].O=C(O)CC(C(=O)O)S(=O)(=O)O. The molecule has 0 aromatic rings. The van der Waals surface area contributed by atoms with Crippen LogP contribution in [0.5, 0.6) is 0 Å². The maximum Gasteiger partial charge on any atom is 0.325 e. The number of hydrogen-bond donors (Lipinski definition) is 3. The van der Waals surface area contributed by atoms with E-state index in [0.29, 0.717) is 48.8 Å². The van der Waals surface area contributed by atoms with Crippen LogP contribution in [0.15, 0.2) is 12.2 Å². The summed E-state index contributed by atoms with van der Waals surface area (Å²) in [7, 11) is -4.84. The van der Waals surface area contributed by atoms with Crippen LogP contribution >= 0.6 is 0 Å². The maximum atomic E-state index is 10.9. The Kier molecular flexibility index (Phi) is 24.1. The van der Waals surface area contributed by atoms with E-state index in [9.17, 15) is 22.8 Å². The van der Waals surface area contributed by atoms with Gasteiger partial charge in [-0.1, -0.05) is 39.0 Å². The molecule has 182 valence electrons. The number of unbranched alkanes of at least 4 members (excludes halogenated alkanes) is 11. The summed E-state index contributed by atoms with van der Waals surface area (Å²) in [6, 6.07) is 0. The molecule has 3 N–H and O–H groups in total. The summed E-state index contributed by atoms with van der Waals surface area (Å²) in [5.74, 6) is -3.50. The van der Waals surface area contributed by atoms with Gasteiger partial charge < -0.3 is 10.2 Å². The average molecular weight is 503 g/mol. The fourth-order valence-electron chi connectivity index (χ4n) is 2.92. The van der Waals surface area contributed by atoms with E-state index in [2.05, 4.69) is 19.1 Å². The van der Waals surface area contributed by atoms with Gasteiger partial charge >= 0.3 is 136 Å². The van der Waals surface area contributed by atoms with Crippen LogP contribution in [-0.4, -0.2) is 89.2 Å². The fraction of sp³-hybridized carbons (Fsp3) is 0.773. The minimum atomic E-state index is -4.84. The van der Waals surface area contributed by atoms with E-state index in [4.69, 9.17) is 14.8 Å². The molecule has 0 spiro atoms. The van der Waals surface area contributed by atoms with Crippen molar-refractivity contribution in [2.45, 2.75) is 108 Å². The van der Waals surface area contributed by atoms with E-state index < -0.39 is 33.7 Å². The Morgan fingerprint density at radius 2 is 1.25 bits per heavy atom. The minimum absolute atomic E-state index is 0.411. The molecule has 10 heteroatoms. The van der Waals surface area contributed by atoms with Crippen LogP contribution in [0.2, 0.25) is 0 Å². The summed E-state index contributed by atoms with van der Waals surface area (Å²) in [5, 5.41) is 13.9. The van der Waals surface area contributed by atoms with Crippen LogP contribution in [0.4, 0.5) is 0 Å². The third-order valence-electron chi connectivity index (χ3n) is 4.79. The van der Waals surface area contributed by atoms with Gasteiger partial charge in [-0.3, -0.25) is 14.1 Å². The summed E-state index contributed by atoms with van der Waals surface area (Å²) in [4.78, 5) is 30.9. The zero-order valence-corrected chi connectivity index (χ0v) is 23.6. The van der Waals surface area contributed by atoms with Gasteiger partial charge in [0.1, 0.15) is 0 Å². The first kappa shape index (κ1) is 34.1. The minimum Gasteiger partial charge on any atom is -0.481 e.